The molecule has 0 radical (unpaired) electrons. The third-order valence-electron chi connectivity index (χ3n) is 5.12. The molecule has 1 N–H and O–H groups in total. The minimum absolute atomic E-state index is 0.0816. The van der Waals surface area contributed by atoms with Gasteiger partial charge in [0.2, 0.25) is 0 Å². The number of hydrogen-bond acceptors (Lipinski definition) is 2. The molecule has 0 aromatic heterocycles. The number of benzene rings is 3. The molecule has 2 heterocycles. The summed E-state index contributed by atoms with van der Waals surface area (Å²) in [5.74, 6) is -0.0816. The standard InChI is InChI=1S/C20H15NO2/c22-19-16-7-3-4-8-17(16)20(23)18-12-14-6-2-1-5-13(14)11-15(18)9-10-21(19)20/h1-8,11-12,23H,9-10H2. The first kappa shape index (κ1) is 12.9. The molecule has 2 aliphatic heterocycles. The van der Waals surface area contributed by atoms with E-state index in [9.17, 15) is 9.90 Å². The minimum Gasteiger partial charge on any atom is -0.363 e. The summed E-state index contributed by atoms with van der Waals surface area (Å²) in [6.45, 7) is 0.537. The normalized spacial score (nSPS) is 22.0. The molecule has 0 bridgehead atoms. The second kappa shape index (κ2) is 4.21. The Kier molecular flexibility index (Phi) is 2.35. The maximum absolute atomic E-state index is 12.7. The summed E-state index contributed by atoms with van der Waals surface area (Å²) in [5.41, 5.74) is 1.91. The molecule has 23 heavy (non-hydrogen) atoms. The van der Waals surface area contributed by atoms with E-state index in [2.05, 4.69) is 12.1 Å². The van der Waals surface area contributed by atoms with E-state index in [4.69, 9.17) is 0 Å². The third-order valence-corrected chi connectivity index (χ3v) is 5.12. The van der Waals surface area contributed by atoms with Gasteiger partial charge in [-0.2, -0.15) is 0 Å². The third kappa shape index (κ3) is 1.50. The van der Waals surface area contributed by atoms with Gasteiger partial charge in [0.1, 0.15) is 0 Å². The quantitative estimate of drug-likeness (QED) is 0.693. The van der Waals surface area contributed by atoms with Crippen LogP contribution in [0.1, 0.15) is 27.0 Å². The van der Waals surface area contributed by atoms with Gasteiger partial charge in [0, 0.05) is 23.2 Å². The van der Waals surface area contributed by atoms with Crippen molar-refractivity contribution >= 4 is 16.7 Å². The van der Waals surface area contributed by atoms with Crippen molar-refractivity contribution in [1.82, 2.24) is 4.90 Å². The summed E-state index contributed by atoms with van der Waals surface area (Å²) in [7, 11) is 0. The number of nitrogens with zero attached hydrogens (tertiary/aromatic N) is 1. The maximum Gasteiger partial charge on any atom is 0.257 e. The second-order valence-electron chi connectivity index (χ2n) is 6.28. The molecule has 112 valence electrons. The maximum atomic E-state index is 12.7. The van der Waals surface area contributed by atoms with E-state index >= 15 is 0 Å². The van der Waals surface area contributed by atoms with Crippen molar-refractivity contribution in [3.63, 3.8) is 0 Å². The van der Waals surface area contributed by atoms with Crippen LogP contribution in [-0.2, 0) is 12.1 Å². The molecule has 0 fully saturated rings. The Morgan fingerprint density at radius 3 is 2.43 bits per heavy atom. The predicted molar refractivity (Wildman–Crippen MR) is 88.1 cm³/mol. The number of aliphatic hydroxyl groups is 1. The highest BCUT2D eigenvalue weighted by atomic mass is 16.3. The molecule has 0 saturated heterocycles. The van der Waals surface area contributed by atoms with Crippen LogP contribution in [0.25, 0.3) is 10.8 Å². The van der Waals surface area contributed by atoms with E-state index in [0.717, 1.165) is 22.9 Å². The van der Waals surface area contributed by atoms with Crippen LogP contribution in [0.5, 0.6) is 0 Å². The zero-order valence-corrected chi connectivity index (χ0v) is 12.5. The van der Waals surface area contributed by atoms with Gasteiger partial charge in [-0.05, 0) is 34.9 Å². The highest BCUT2D eigenvalue weighted by molar-refractivity contribution is 6.01. The van der Waals surface area contributed by atoms with Crippen LogP contribution in [0.4, 0.5) is 0 Å². The van der Waals surface area contributed by atoms with E-state index in [-0.39, 0.29) is 5.91 Å². The number of carbonyl (C=O) groups excluding carboxylic acids is 1. The Morgan fingerprint density at radius 2 is 1.61 bits per heavy atom. The van der Waals surface area contributed by atoms with Crippen molar-refractivity contribution in [2.75, 3.05) is 6.54 Å². The average Bonchev–Trinajstić information content (AvgIpc) is 2.82. The van der Waals surface area contributed by atoms with E-state index in [1.165, 1.54) is 5.39 Å². The first-order valence-electron chi connectivity index (χ1n) is 7.85. The Hall–Kier alpha value is -2.65. The van der Waals surface area contributed by atoms with Gasteiger partial charge < -0.3 is 10.0 Å². The van der Waals surface area contributed by atoms with Crippen molar-refractivity contribution in [2.45, 2.75) is 12.1 Å². The van der Waals surface area contributed by atoms with Crippen LogP contribution in [0.15, 0.2) is 60.7 Å². The molecule has 0 spiro atoms. The lowest BCUT2D eigenvalue weighted by atomic mass is 9.85. The lowest BCUT2D eigenvalue weighted by Gasteiger charge is -2.40. The molecule has 3 nitrogen and oxygen atoms in total. The van der Waals surface area contributed by atoms with E-state index in [0.29, 0.717) is 17.7 Å². The molecule has 0 aliphatic carbocycles. The van der Waals surface area contributed by atoms with Crippen molar-refractivity contribution in [1.29, 1.82) is 0 Å². The molecule has 3 heteroatoms. The largest absolute Gasteiger partial charge is 0.363 e. The molecule has 0 saturated carbocycles. The number of fused-ring (bicyclic) bond motifs is 6. The van der Waals surface area contributed by atoms with Crippen molar-refractivity contribution in [3.05, 3.63) is 82.9 Å². The monoisotopic (exact) mass is 301 g/mol. The van der Waals surface area contributed by atoms with Crippen LogP contribution >= 0.6 is 0 Å². The molecular weight excluding hydrogens is 286 g/mol. The zero-order valence-electron chi connectivity index (χ0n) is 12.5. The molecular formula is C20H15NO2. The van der Waals surface area contributed by atoms with Crippen LogP contribution in [0.3, 0.4) is 0 Å². The molecule has 1 unspecified atom stereocenters. The van der Waals surface area contributed by atoms with Gasteiger partial charge in [-0.3, -0.25) is 4.79 Å². The Labute approximate surface area is 133 Å². The van der Waals surface area contributed by atoms with Gasteiger partial charge in [0.05, 0.1) is 0 Å². The Morgan fingerprint density at radius 1 is 0.913 bits per heavy atom. The average molecular weight is 301 g/mol. The van der Waals surface area contributed by atoms with Crippen LogP contribution in [0, 0.1) is 0 Å². The van der Waals surface area contributed by atoms with Gasteiger partial charge in [-0.1, -0.05) is 48.5 Å². The number of amides is 1. The van der Waals surface area contributed by atoms with Gasteiger partial charge in [-0.15, -0.1) is 0 Å². The smallest absolute Gasteiger partial charge is 0.257 e. The highest BCUT2D eigenvalue weighted by Crippen LogP contribution is 2.46. The van der Waals surface area contributed by atoms with Crippen LogP contribution in [0.2, 0.25) is 0 Å². The summed E-state index contributed by atoms with van der Waals surface area (Å²) >= 11 is 0. The zero-order chi connectivity index (χ0) is 15.6. The number of hydrogen-bond donors (Lipinski definition) is 1. The summed E-state index contributed by atoms with van der Waals surface area (Å²) in [6.07, 6.45) is 0.766. The summed E-state index contributed by atoms with van der Waals surface area (Å²) < 4.78 is 0. The fourth-order valence-corrected chi connectivity index (χ4v) is 4.02. The molecule has 1 amide bonds. The lowest BCUT2D eigenvalue weighted by Crippen LogP contribution is -2.49. The lowest BCUT2D eigenvalue weighted by molar-refractivity contribution is -0.0561. The molecule has 3 aromatic carbocycles. The summed E-state index contributed by atoms with van der Waals surface area (Å²) in [5, 5.41) is 13.8. The second-order valence-corrected chi connectivity index (χ2v) is 6.28. The van der Waals surface area contributed by atoms with E-state index < -0.39 is 5.72 Å². The van der Waals surface area contributed by atoms with Crippen LogP contribution < -0.4 is 0 Å². The molecule has 1 atom stereocenters. The van der Waals surface area contributed by atoms with Crippen molar-refractivity contribution in [2.24, 2.45) is 0 Å². The summed E-state index contributed by atoms with van der Waals surface area (Å²) in [4.78, 5) is 14.3. The number of rotatable bonds is 0. The van der Waals surface area contributed by atoms with Crippen molar-refractivity contribution < 1.29 is 9.90 Å². The Bertz CT molecular complexity index is 978. The van der Waals surface area contributed by atoms with Crippen LogP contribution in [-0.4, -0.2) is 22.5 Å². The fourth-order valence-electron chi connectivity index (χ4n) is 4.02. The topological polar surface area (TPSA) is 40.5 Å². The van der Waals surface area contributed by atoms with E-state index in [1.807, 2.05) is 42.5 Å². The van der Waals surface area contributed by atoms with Gasteiger partial charge in [-0.25, -0.2) is 0 Å². The minimum atomic E-state index is -1.34. The number of carbonyl (C=O) groups is 1. The predicted octanol–water partition coefficient (Wildman–Crippen LogP) is 3.05. The molecule has 2 aliphatic rings. The highest BCUT2D eigenvalue weighted by Gasteiger charge is 2.52. The van der Waals surface area contributed by atoms with Crippen molar-refractivity contribution in [3.8, 4) is 0 Å². The Balaban J connectivity index is 1.85. The molecule has 3 aromatic rings. The van der Waals surface area contributed by atoms with E-state index in [1.54, 1.807) is 11.0 Å². The summed E-state index contributed by atoms with van der Waals surface area (Å²) in [6, 6.07) is 19.7. The van der Waals surface area contributed by atoms with Gasteiger partial charge >= 0.3 is 0 Å². The first-order valence-corrected chi connectivity index (χ1v) is 7.85. The molecule has 5 rings (SSSR count). The first-order chi connectivity index (χ1) is 11.2. The SMILES string of the molecule is O=C1c2ccccc2C2(O)c3cc4ccccc4cc3CCN12. The van der Waals surface area contributed by atoms with Gasteiger partial charge in [0.15, 0.2) is 5.72 Å². The van der Waals surface area contributed by atoms with Gasteiger partial charge in [0.25, 0.3) is 5.91 Å². The fraction of sp³-hybridized carbons (Fsp3) is 0.150.